The summed E-state index contributed by atoms with van der Waals surface area (Å²) in [7, 11) is 1.41. The van der Waals surface area contributed by atoms with Gasteiger partial charge in [0.05, 0.1) is 0 Å². The average molecular weight is 1170 g/mol. The number of carbonyl (C=O) groups excluding carboxylic acids is 4. The van der Waals surface area contributed by atoms with Crippen molar-refractivity contribution in [3.63, 3.8) is 0 Å². The Bertz CT molecular complexity index is 3380. The Morgan fingerprint density at radius 2 is 1.04 bits per heavy atom. The van der Waals surface area contributed by atoms with E-state index in [1.807, 2.05) is 42.5 Å². The first-order valence-corrected chi connectivity index (χ1v) is 31.1. The van der Waals surface area contributed by atoms with Gasteiger partial charge in [-0.1, -0.05) is 0 Å². The molecule has 5 heterocycles. The molecule has 2 amide bonds. The van der Waals surface area contributed by atoms with Crippen LogP contribution in [0.15, 0.2) is 169 Å². The SMILES string of the molecule is CN1C(=O)C(=Cc2ccc(N3c4ccccc4[Si](C)(C)c4ccccc43)[te]2)C(=O)N(C)C1=S.O=C1C(=Cc2ccc(N3c4ccccc4[Se]c4ccccc43)[se]2)C(=O)c2cc3ccccc3cc21. The summed E-state index contributed by atoms with van der Waals surface area (Å²) in [4.78, 5) is 59.4. The molecule has 0 N–H and O–H groups in total. The molecule has 0 spiro atoms. The Labute approximate surface area is 422 Å². The van der Waals surface area contributed by atoms with Gasteiger partial charge in [-0.15, -0.1) is 0 Å². The number of allylic oxidation sites excluding steroid dienone is 1. The van der Waals surface area contributed by atoms with E-state index in [1.165, 1.54) is 60.1 Å². The molecule has 2 aromatic heterocycles. The Kier molecular flexibility index (Phi) is 11.5. The van der Waals surface area contributed by atoms with Crippen LogP contribution in [0.3, 0.4) is 0 Å². The van der Waals surface area contributed by atoms with Gasteiger partial charge in [-0.05, 0) is 0 Å². The second kappa shape index (κ2) is 17.5. The van der Waals surface area contributed by atoms with Crippen LogP contribution in [0, 0.1) is 0 Å². The molecule has 1 saturated heterocycles. The third kappa shape index (κ3) is 7.50. The standard InChI is InChI=1S/C30H17NO2Se2.C25H23N3O2SSiTe/c32-29-21-15-18-7-1-2-8-19(18)16-22(21)30(33)23(29)17-20-13-14-28(34-20)31-24-9-3-5-11-26(24)35-27-12-6-4-10-25(27)31;1-26-23(29)17(24(30)27(2)25(26)31)15-16-13-14-22(33-16)28-18-9-5-7-11-20(18)32(3,4)21-12-8-6-10-19(21)28/h1-17H;5-15H,1-4H3. The molecule has 4 aliphatic rings. The van der Waals surface area contributed by atoms with Gasteiger partial charge < -0.3 is 0 Å². The van der Waals surface area contributed by atoms with Crippen LogP contribution in [0.5, 0.6) is 0 Å². The second-order valence-corrected chi connectivity index (χ2v) is 29.6. The normalized spacial score (nSPS) is 15.7. The van der Waals surface area contributed by atoms with Gasteiger partial charge >= 0.3 is 426 Å². The zero-order valence-electron chi connectivity index (χ0n) is 37.2. The van der Waals surface area contributed by atoms with Crippen molar-refractivity contribution in [1.29, 1.82) is 0 Å². The summed E-state index contributed by atoms with van der Waals surface area (Å²) in [6, 6.07) is 54.6. The Morgan fingerprint density at radius 1 is 0.544 bits per heavy atom. The van der Waals surface area contributed by atoms with E-state index in [0.717, 1.165) is 18.8 Å². The number of hydrogen-bond donors (Lipinski definition) is 0. The molecule has 0 radical (unpaired) electrons. The summed E-state index contributed by atoms with van der Waals surface area (Å²) in [5.74, 6) is -1.02. The van der Waals surface area contributed by atoms with Crippen molar-refractivity contribution >= 4 is 172 Å². The van der Waals surface area contributed by atoms with Gasteiger partial charge in [0.2, 0.25) is 0 Å². The number of carbonyl (C=O) groups is 4. The van der Waals surface area contributed by atoms with Crippen LogP contribution in [0.1, 0.15) is 28.7 Å². The van der Waals surface area contributed by atoms with Crippen LogP contribution in [0.4, 0.5) is 31.0 Å². The number of para-hydroxylation sites is 4. The van der Waals surface area contributed by atoms with Crippen molar-refractivity contribution in [2.24, 2.45) is 0 Å². The molecule has 0 unspecified atom stereocenters. The third-order valence-electron chi connectivity index (χ3n) is 12.8. The number of rotatable bonds is 4. The van der Waals surface area contributed by atoms with E-state index >= 15 is 0 Å². The molecule has 13 heteroatoms. The molecule has 332 valence electrons. The summed E-state index contributed by atoms with van der Waals surface area (Å²) < 4.78 is 7.29. The van der Waals surface area contributed by atoms with Gasteiger partial charge in [-0.25, -0.2) is 0 Å². The summed E-state index contributed by atoms with van der Waals surface area (Å²) in [5, 5.41) is 5.04. The summed E-state index contributed by atoms with van der Waals surface area (Å²) in [5.41, 5.74) is 6.44. The summed E-state index contributed by atoms with van der Waals surface area (Å²) in [6.07, 6.45) is 3.59. The molecule has 6 aromatic carbocycles. The predicted octanol–water partition coefficient (Wildman–Crippen LogP) is 7.75. The number of thiocarbonyl (C=S) groups is 1. The number of hydrogen-bond acceptors (Lipinski definition) is 7. The number of nitrogens with zero attached hydrogens (tertiary/aromatic N) is 4. The molecule has 0 bridgehead atoms. The van der Waals surface area contributed by atoms with E-state index in [1.54, 1.807) is 20.2 Å². The number of fused-ring (bicyclic) bond motifs is 6. The van der Waals surface area contributed by atoms with Gasteiger partial charge in [-0.2, -0.15) is 0 Å². The van der Waals surface area contributed by atoms with Crippen LogP contribution < -0.4 is 29.1 Å². The topological polar surface area (TPSA) is 81.2 Å². The van der Waals surface area contributed by atoms with Gasteiger partial charge in [0.1, 0.15) is 0 Å². The molecule has 3 aliphatic heterocycles. The maximum absolute atomic E-state index is 13.2. The molecule has 68 heavy (non-hydrogen) atoms. The number of Topliss-reactive ketones (excluding diaryl/α,β-unsaturated/α-hetero) is 2. The Morgan fingerprint density at radius 3 is 1.60 bits per heavy atom. The molecule has 0 atom stereocenters. The fourth-order valence-corrected chi connectivity index (χ4v) is 19.5. The number of likely N-dealkylation sites (N-methyl/N-ethyl adjacent to an activating group) is 2. The average Bonchev–Trinajstić information content (AvgIpc) is 4.09. The first-order chi connectivity index (χ1) is 32.9. The van der Waals surface area contributed by atoms with Crippen molar-refractivity contribution in [3.05, 3.63) is 188 Å². The predicted molar refractivity (Wildman–Crippen MR) is 285 cm³/mol. The summed E-state index contributed by atoms with van der Waals surface area (Å²) in [6.45, 7) is 4.82. The Hall–Kier alpha value is -5.96. The van der Waals surface area contributed by atoms with Crippen LogP contribution in [0.25, 0.3) is 22.9 Å². The molecule has 12 rings (SSSR count). The number of anilines is 6. The van der Waals surface area contributed by atoms with Crippen LogP contribution in [-0.2, 0) is 9.59 Å². The van der Waals surface area contributed by atoms with E-state index in [0.29, 0.717) is 11.1 Å². The van der Waals surface area contributed by atoms with E-state index < -0.39 is 28.5 Å². The van der Waals surface area contributed by atoms with Crippen molar-refractivity contribution in [3.8, 4) is 0 Å². The zero-order valence-corrected chi connectivity index (χ0v) is 44.8. The van der Waals surface area contributed by atoms with Gasteiger partial charge in [0.25, 0.3) is 0 Å². The zero-order chi connectivity index (χ0) is 47.0. The molecular formula is C55H40N4O4SSe2SiTe. The first kappa shape index (κ1) is 44.5. The quantitative estimate of drug-likeness (QED) is 0.0773. The van der Waals surface area contributed by atoms with Gasteiger partial charge in [0.15, 0.2) is 0 Å². The molecule has 1 fully saturated rings. The van der Waals surface area contributed by atoms with Gasteiger partial charge in [-0.3, -0.25) is 0 Å². The second-order valence-electron chi connectivity index (χ2n) is 17.2. The first-order valence-electron chi connectivity index (χ1n) is 21.9. The number of ketones is 2. The van der Waals surface area contributed by atoms with Crippen LogP contribution in [0.2, 0.25) is 13.1 Å². The maximum atomic E-state index is 13.2. The Balaban J connectivity index is 0.000000149. The van der Waals surface area contributed by atoms with Crippen molar-refractivity contribution in [2.45, 2.75) is 13.1 Å². The fraction of sp³-hybridized carbons (Fsp3) is 0.0727. The molecule has 8 nitrogen and oxygen atoms in total. The van der Waals surface area contributed by atoms with Gasteiger partial charge in [0, 0.05) is 0 Å². The number of amides is 2. The molecule has 0 saturated carbocycles. The molecule has 1 aliphatic carbocycles. The van der Waals surface area contributed by atoms with E-state index in [4.69, 9.17) is 12.2 Å². The minimum absolute atomic E-state index is 0.0301. The van der Waals surface area contributed by atoms with E-state index in [2.05, 4.69) is 144 Å². The van der Waals surface area contributed by atoms with Crippen molar-refractivity contribution in [2.75, 3.05) is 23.9 Å². The van der Waals surface area contributed by atoms with E-state index in [-0.39, 0.29) is 69.1 Å². The van der Waals surface area contributed by atoms with Crippen molar-refractivity contribution < 1.29 is 19.2 Å². The molecule has 8 aromatic rings. The van der Waals surface area contributed by atoms with Crippen LogP contribution >= 0.6 is 12.2 Å². The van der Waals surface area contributed by atoms with Crippen molar-refractivity contribution in [1.82, 2.24) is 9.80 Å². The summed E-state index contributed by atoms with van der Waals surface area (Å²) >= 11 is 4.63. The van der Waals surface area contributed by atoms with Crippen LogP contribution in [-0.4, -0.2) is 110 Å². The van der Waals surface area contributed by atoms with E-state index in [9.17, 15) is 19.2 Å². The minimum atomic E-state index is -1.81. The monoisotopic (exact) mass is 1170 g/mol. The number of benzene rings is 6. The molecular weight excluding hydrogens is 1130 g/mol. The fourth-order valence-electron chi connectivity index (χ4n) is 9.33. The third-order valence-corrected chi connectivity index (χ3v) is 24.3.